The topological polar surface area (TPSA) is 61.5 Å². The van der Waals surface area contributed by atoms with Crippen molar-refractivity contribution in [2.75, 3.05) is 12.9 Å². The van der Waals surface area contributed by atoms with E-state index in [-0.39, 0.29) is 6.61 Å². The molecule has 0 amide bonds. The van der Waals surface area contributed by atoms with Crippen LogP contribution in [0.2, 0.25) is 0 Å². The van der Waals surface area contributed by atoms with Crippen LogP contribution in [0.15, 0.2) is 64.9 Å². The molecule has 7 heteroatoms. The molecule has 0 aliphatic rings. The molecule has 0 aliphatic heterocycles. The van der Waals surface area contributed by atoms with Crippen molar-refractivity contribution >= 4 is 18.0 Å². The van der Waals surface area contributed by atoms with E-state index in [1.165, 1.54) is 11.8 Å². The predicted molar refractivity (Wildman–Crippen MR) is 112 cm³/mol. The van der Waals surface area contributed by atoms with Crippen LogP contribution in [0, 0.1) is 0 Å². The first-order chi connectivity index (χ1) is 13.8. The van der Waals surface area contributed by atoms with Gasteiger partial charge in [-0.3, -0.25) is 0 Å². The standard InChI is InChI=1S/C21H24N4O2S/c1-3-4-13-26-19-12-8-9-17(14-19)15-22-25-20(23-24-21(25)28-2)16-27-18-10-6-5-7-11-18/h5-12,14-15H,3-4,13,16H2,1-2H3/b22-15-. The summed E-state index contributed by atoms with van der Waals surface area (Å²) >= 11 is 1.49. The Hall–Kier alpha value is -2.80. The van der Waals surface area contributed by atoms with Crippen molar-refractivity contribution in [2.24, 2.45) is 5.10 Å². The van der Waals surface area contributed by atoms with Gasteiger partial charge in [-0.25, -0.2) is 0 Å². The van der Waals surface area contributed by atoms with Crippen molar-refractivity contribution in [3.05, 3.63) is 66.0 Å². The molecule has 28 heavy (non-hydrogen) atoms. The van der Waals surface area contributed by atoms with Crippen molar-refractivity contribution in [3.8, 4) is 11.5 Å². The molecule has 0 N–H and O–H groups in total. The summed E-state index contributed by atoms with van der Waals surface area (Å²) in [7, 11) is 0. The lowest BCUT2D eigenvalue weighted by molar-refractivity contribution is 0.290. The van der Waals surface area contributed by atoms with Gasteiger partial charge in [0.15, 0.2) is 5.82 Å². The number of rotatable bonds is 10. The van der Waals surface area contributed by atoms with Gasteiger partial charge < -0.3 is 9.47 Å². The fraction of sp³-hybridized carbons (Fsp3) is 0.286. The zero-order valence-corrected chi connectivity index (χ0v) is 16.9. The molecule has 1 heterocycles. The Morgan fingerprint density at radius 2 is 1.86 bits per heavy atom. The summed E-state index contributed by atoms with van der Waals surface area (Å²) in [6, 6.07) is 17.5. The zero-order valence-electron chi connectivity index (χ0n) is 16.1. The van der Waals surface area contributed by atoms with Gasteiger partial charge in [0.2, 0.25) is 5.16 Å². The molecule has 3 aromatic rings. The van der Waals surface area contributed by atoms with Crippen LogP contribution >= 0.6 is 11.8 Å². The quantitative estimate of drug-likeness (QED) is 0.284. The van der Waals surface area contributed by atoms with Gasteiger partial charge in [-0.15, -0.1) is 10.2 Å². The average Bonchev–Trinajstić information content (AvgIpc) is 3.14. The fourth-order valence-electron chi connectivity index (χ4n) is 2.44. The summed E-state index contributed by atoms with van der Waals surface area (Å²) in [5, 5.41) is 13.7. The number of nitrogens with zero attached hydrogens (tertiary/aromatic N) is 4. The third-order valence-electron chi connectivity index (χ3n) is 3.92. The Morgan fingerprint density at radius 1 is 1.04 bits per heavy atom. The van der Waals surface area contributed by atoms with Crippen LogP contribution in [0.1, 0.15) is 31.2 Å². The highest BCUT2D eigenvalue weighted by Crippen LogP contribution is 2.17. The Bertz CT molecular complexity index is 896. The van der Waals surface area contributed by atoms with Gasteiger partial charge in [0.05, 0.1) is 12.8 Å². The van der Waals surface area contributed by atoms with Gasteiger partial charge in [0, 0.05) is 0 Å². The highest BCUT2D eigenvalue weighted by molar-refractivity contribution is 7.98. The largest absolute Gasteiger partial charge is 0.494 e. The summed E-state index contributed by atoms with van der Waals surface area (Å²) in [6.45, 7) is 3.16. The molecule has 3 rings (SSSR count). The highest BCUT2D eigenvalue weighted by atomic mass is 32.2. The molecule has 0 unspecified atom stereocenters. The molecule has 0 radical (unpaired) electrons. The fourth-order valence-corrected chi connectivity index (χ4v) is 2.88. The smallest absolute Gasteiger partial charge is 0.211 e. The highest BCUT2D eigenvalue weighted by Gasteiger charge is 2.11. The first-order valence-electron chi connectivity index (χ1n) is 9.23. The molecule has 0 aliphatic carbocycles. The Morgan fingerprint density at radius 3 is 2.64 bits per heavy atom. The molecular formula is C21H24N4O2S. The van der Waals surface area contributed by atoms with Gasteiger partial charge in [-0.2, -0.15) is 9.78 Å². The number of aromatic nitrogens is 3. The van der Waals surface area contributed by atoms with Crippen LogP contribution in [0.25, 0.3) is 0 Å². The third kappa shape index (κ3) is 5.60. The maximum absolute atomic E-state index is 5.79. The van der Waals surface area contributed by atoms with Gasteiger partial charge in [-0.1, -0.05) is 55.4 Å². The number of thioether (sulfide) groups is 1. The first kappa shape index (κ1) is 19.9. The molecule has 0 atom stereocenters. The van der Waals surface area contributed by atoms with E-state index >= 15 is 0 Å². The molecule has 0 saturated carbocycles. The van der Waals surface area contributed by atoms with E-state index in [2.05, 4.69) is 22.2 Å². The lowest BCUT2D eigenvalue weighted by Crippen LogP contribution is -2.05. The van der Waals surface area contributed by atoms with Crippen molar-refractivity contribution in [1.29, 1.82) is 0 Å². The first-order valence-corrected chi connectivity index (χ1v) is 10.5. The maximum atomic E-state index is 5.79. The number of hydrogen-bond donors (Lipinski definition) is 0. The van der Waals surface area contributed by atoms with Crippen molar-refractivity contribution < 1.29 is 9.47 Å². The van der Waals surface area contributed by atoms with E-state index in [0.29, 0.717) is 11.0 Å². The van der Waals surface area contributed by atoms with Crippen LogP contribution < -0.4 is 9.47 Å². The summed E-state index contributed by atoms with van der Waals surface area (Å²) < 4.78 is 13.3. The molecule has 1 aromatic heterocycles. The summed E-state index contributed by atoms with van der Waals surface area (Å²) in [5.74, 6) is 2.27. The van der Waals surface area contributed by atoms with Crippen LogP contribution in [0.3, 0.4) is 0 Å². The van der Waals surface area contributed by atoms with E-state index in [0.717, 1.165) is 36.5 Å². The van der Waals surface area contributed by atoms with Crippen LogP contribution in [-0.4, -0.2) is 34.0 Å². The number of ether oxygens (including phenoxy) is 2. The van der Waals surface area contributed by atoms with Crippen LogP contribution in [0.4, 0.5) is 0 Å². The number of unbranched alkanes of at least 4 members (excludes halogenated alkanes) is 1. The summed E-state index contributed by atoms with van der Waals surface area (Å²) in [6.07, 6.45) is 5.88. The molecule has 0 bridgehead atoms. The number of hydrogen-bond acceptors (Lipinski definition) is 6. The Labute approximate surface area is 169 Å². The molecule has 0 saturated heterocycles. The van der Waals surface area contributed by atoms with Gasteiger partial charge in [0.25, 0.3) is 0 Å². The zero-order chi connectivity index (χ0) is 19.6. The summed E-state index contributed by atoms with van der Waals surface area (Å²) in [4.78, 5) is 0. The normalized spacial score (nSPS) is 11.1. The van der Waals surface area contributed by atoms with E-state index in [9.17, 15) is 0 Å². The Kier molecular flexibility index (Phi) is 7.49. The second kappa shape index (κ2) is 10.5. The van der Waals surface area contributed by atoms with E-state index < -0.39 is 0 Å². The van der Waals surface area contributed by atoms with Crippen molar-refractivity contribution in [2.45, 2.75) is 31.5 Å². The van der Waals surface area contributed by atoms with E-state index in [4.69, 9.17) is 9.47 Å². The molecule has 146 valence electrons. The van der Waals surface area contributed by atoms with Crippen LogP contribution in [-0.2, 0) is 6.61 Å². The van der Waals surface area contributed by atoms with Crippen LogP contribution in [0.5, 0.6) is 11.5 Å². The minimum absolute atomic E-state index is 0.287. The van der Waals surface area contributed by atoms with Crippen molar-refractivity contribution in [1.82, 2.24) is 14.9 Å². The van der Waals surface area contributed by atoms with E-state index in [1.54, 1.807) is 10.9 Å². The molecule has 0 fully saturated rings. The second-order valence-corrected chi connectivity index (χ2v) is 6.81. The minimum atomic E-state index is 0.287. The lowest BCUT2D eigenvalue weighted by atomic mass is 10.2. The average molecular weight is 397 g/mol. The van der Waals surface area contributed by atoms with Crippen molar-refractivity contribution in [3.63, 3.8) is 0 Å². The minimum Gasteiger partial charge on any atom is -0.494 e. The van der Waals surface area contributed by atoms with Gasteiger partial charge in [0.1, 0.15) is 18.1 Å². The second-order valence-electron chi connectivity index (χ2n) is 6.04. The number of benzene rings is 2. The monoisotopic (exact) mass is 396 g/mol. The molecule has 2 aromatic carbocycles. The van der Waals surface area contributed by atoms with Gasteiger partial charge >= 0.3 is 0 Å². The SMILES string of the molecule is CCCCOc1cccc(/C=N\n2c(COc3ccccc3)nnc2SC)c1. The number of para-hydroxylation sites is 1. The molecule has 0 spiro atoms. The molecular weight excluding hydrogens is 372 g/mol. The Balaban J connectivity index is 1.72. The third-order valence-corrected chi connectivity index (χ3v) is 4.54. The molecule has 6 nitrogen and oxygen atoms in total. The lowest BCUT2D eigenvalue weighted by Gasteiger charge is -2.07. The summed E-state index contributed by atoms with van der Waals surface area (Å²) in [5.41, 5.74) is 0.949. The maximum Gasteiger partial charge on any atom is 0.211 e. The van der Waals surface area contributed by atoms with E-state index in [1.807, 2.05) is 60.9 Å². The predicted octanol–water partition coefficient (Wildman–Crippen LogP) is 4.64. The van der Waals surface area contributed by atoms with Gasteiger partial charge in [-0.05, 0) is 42.5 Å².